The molecule has 0 aliphatic carbocycles. The summed E-state index contributed by atoms with van der Waals surface area (Å²) >= 11 is 0. The Morgan fingerprint density at radius 1 is 1.61 bits per heavy atom. The first-order valence-electron chi connectivity index (χ1n) is 6.16. The van der Waals surface area contributed by atoms with Gasteiger partial charge in [0.05, 0.1) is 6.61 Å². The highest BCUT2D eigenvalue weighted by atomic mass is 16.5. The minimum atomic E-state index is 0.0643. The molecule has 0 saturated carbocycles. The molecule has 0 aliphatic heterocycles. The standard InChI is InChI=1S/C13H22N4O/c1-4-10(2)17(7-8-18-3)12-9-11(13(14)15)5-6-16-12/h5-6,9-10H,4,7-8H2,1-3H3,(H3,14,15). The van der Waals surface area contributed by atoms with Gasteiger partial charge in [-0.1, -0.05) is 6.92 Å². The van der Waals surface area contributed by atoms with E-state index in [0.717, 1.165) is 18.8 Å². The van der Waals surface area contributed by atoms with Crippen LogP contribution in [0.1, 0.15) is 25.8 Å². The van der Waals surface area contributed by atoms with Crippen molar-refractivity contribution >= 4 is 11.7 Å². The zero-order valence-corrected chi connectivity index (χ0v) is 11.3. The maximum Gasteiger partial charge on any atom is 0.129 e. The van der Waals surface area contributed by atoms with Crippen LogP contribution in [-0.2, 0) is 4.74 Å². The van der Waals surface area contributed by atoms with Gasteiger partial charge in [-0.25, -0.2) is 4.98 Å². The predicted octanol–water partition coefficient (Wildman–Crippen LogP) is 1.62. The van der Waals surface area contributed by atoms with E-state index in [4.69, 9.17) is 15.9 Å². The van der Waals surface area contributed by atoms with E-state index < -0.39 is 0 Å². The number of anilines is 1. The number of nitrogens with one attached hydrogen (secondary N) is 1. The lowest BCUT2D eigenvalue weighted by molar-refractivity contribution is 0.203. The number of nitrogens with zero attached hydrogens (tertiary/aromatic N) is 2. The highest BCUT2D eigenvalue weighted by molar-refractivity contribution is 5.95. The Morgan fingerprint density at radius 3 is 2.89 bits per heavy atom. The van der Waals surface area contributed by atoms with Gasteiger partial charge in [-0.05, 0) is 25.5 Å². The van der Waals surface area contributed by atoms with Crippen LogP contribution in [0.25, 0.3) is 0 Å². The average molecular weight is 250 g/mol. The zero-order chi connectivity index (χ0) is 13.5. The Bertz CT molecular complexity index is 394. The van der Waals surface area contributed by atoms with Crippen LogP contribution in [0.15, 0.2) is 18.3 Å². The van der Waals surface area contributed by atoms with E-state index in [1.165, 1.54) is 0 Å². The number of ether oxygens (including phenoxy) is 1. The van der Waals surface area contributed by atoms with Crippen LogP contribution in [0.2, 0.25) is 0 Å². The van der Waals surface area contributed by atoms with Gasteiger partial charge in [0.15, 0.2) is 0 Å². The van der Waals surface area contributed by atoms with Crippen LogP contribution in [0.3, 0.4) is 0 Å². The van der Waals surface area contributed by atoms with Crippen LogP contribution in [-0.4, -0.2) is 37.1 Å². The summed E-state index contributed by atoms with van der Waals surface area (Å²) in [4.78, 5) is 6.54. The summed E-state index contributed by atoms with van der Waals surface area (Å²) in [6.07, 6.45) is 2.71. The van der Waals surface area contributed by atoms with Gasteiger partial charge in [0, 0.05) is 31.5 Å². The lowest BCUT2D eigenvalue weighted by atomic mass is 10.2. The van der Waals surface area contributed by atoms with Crippen molar-refractivity contribution in [2.75, 3.05) is 25.2 Å². The first-order chi connectivity index (χ1) is 8.60. The molecule has 1 aromatic heterocycles. The number of hydrogen-bond donors (Lipinski definition) is 2. The van der Waals surface area contributed by atoms with Crippen molar-refractivity contribution in [2.45, 2.75) is 26.3 Å². The number of nitrogens with two attached hydrogens (primary N) is 1. The van der Waals surface area contributed by atoms with Crippen LogP contribution >= 0.6 is 0 Å². The van der Waals surface area contributed by atoms with Crippen molar-refractivity contribution < 1.29 is 4.74 Å². The smallest absolute Gasteiger partial charge is 0.129 e. The molecule has 1 atom stereocenters. The highest BCUT2D eigenvalue weighted by Crippen LogP contribution is 2.16. The lowest BCUT2D eigenvalue weighted by Crippen LogP contribution is -2.36. The van der Waals surface area contributed by atoms with Crippen molar-refractivity contribution in [2.24, 2.45) is 5.73 Å². The normalized spacial score (nSPS) is 12.2. The van der Waals surface area contributed by atoms with Crippen molar-refractivity contribution in [1.29, 1.82) is 5.41 Å². The number of amidine groups is 1. The highest BCUT2D eigenvalue weighted by Gasteiger charge is 2.14. The molecule has 1 unspecified atom stereocenters. The molecule has 0 radical (unpaired) electrons. The summed E-state index contributed by atoms with van der Waals surface area (Å²) in [5.41, 5.74) is 6.20. The molecule has 0 aromatic carbocycles. The maximum absolute atomic E-state index is 7.47. The number of methoxy groups -OCH3 is 1. The van der Waals surface area contributed by atoms with Gasteiger partial charge in [-0.3, -0.25) is 5.41 Å². The fourth-order valence-corrected chi connectivity index (χ4v) is 1.71. The van der Waals surface area contributed by atoms with Crippen molar-refractivity contribution in [3.05, 3.63) is 23.9 Å². The molecule has 0 aliphatic rings. The molecule has 1 heterocycles. The Morgan fingerprint density at radius 2 is 2.33 bits per heavy atom. The molecule has 0 saturated heterocycles. The second-order valence-corrected chi connectivity index (χ2v) is 4.26. The minimum Gasteiger partial charge on any atom is -0.384 e. The van der Waals surface area contributed by atoms with Gasteiger partial charge in [0.1, 0.15) is 11.7 Å². The fourth-order valence-electron chi connectivity index (χ4n) is 1.71. The van der Waals surface area contributed by atoms with Gasteiger partial charge in [-0.15, -0.1) is 0 Å². The molecule has 100 valence electrons. The third-order valence-corrected chi connectivity index (χ3v) is 3.01. The van der Waals surface area contributed by atoms with Gasteiger partial charge >= 0.3 is 0 Å². The third-order valence-electron chi connectivity index (χ3n) is 3.01. The predicted molar refractivity (Wildman–Crippen MR) is 74.2 cm³/mol. The molecule has 5 nitrogen and oxygen atoms in total. The number of hydrogen-bond acceptors (Lipinski definition) is 4. The molecule has 0 bridgehead atoms. The summed E-state index contributed by atoms with van der Waals surface area (Å²) in [5, 5.41) is 7.47. The summed E-state index contributed by atoms with van der Waals surface area (Å²) in [5.74, 6) is 0.906. The van der Waals surface area contributed by atoms with Gasteiger partial charge in [-0.2, -0.15) is 0 Å². The fraction of sp³-hybridized carbons (Fsp3) is 0.538. The topological polar surface area (TPSA) is 75.2 Å². The van der Waals surface area contributed by atoms with Crippen molar-refractivity contribution in [1.82, 2.24) is 4.98 Å². The quantitative estimate of drug-likeness (QED) is 0.569. The van der Waals surface area contributed by atoms with Gasteiger partial charge in [0.2, 0.25) is 0 Å². The van der Waals surface area contributed by atoms with E-state index >= 15 is 0 Å². The summed E-state index contributed by atoms with van der Waals surface area (Å²) in [6.45, 7) is 5.72. The number of pyridine rings is 1. The third kappa shape index (κ3) is 3.70. The van der Waals surface area contributed by atoms with E-state index in [9.17, 15) is 0 Å². The number of rotatable bonds is 7. The number of nitrogen functional groups attached to an aromatic ring is 1. The molecular weight excluding hydrogens is 228 g/mol. The first kappa shape index (κ1) is 14.4. The van der Waals surface area contributed by atoms with Crippen LogP contribution in [0.5, 0.6) is 0 Å². The Hall–Kier alpha value is -1.62. The molecule has 18 heavy (non-hydrogen) atoms. The minimum absolute atomic E-state index is 0.0643. The van der Waals surface area contributed by atoms with E-state index in [1.807, 2.05) is 6.07 Å². The van der Waals surface area contributed by atoms with Crippen molar-refractivity contribution in [3.8, 4) is 0 Å². The molecule has 0 amide bonds. The Kier molecular flexibility index (Phi) is 5.58. The number of aromatic nitrogens is 1. The monoisotopic (exact) mass is 250 g/mol. The van der Waals surface area contributed by atoms with Crippen LogP contribution in [0.4, 0.5) is 5.82 Å². The Labute approximate surface area is 108 Å². The van der Waals surface area contributed by atoms with Crippen LogP contribution in [0, 0.1) is 5.41 Å². The molecule has 1 rings (SSSR count). The molecule has 1 aromatic rings. The van der Waals surface area contributed by atoms with E-state index in [1.54, 1.807) is 19.4 Å². The van der Waals surface area contributed by atoms with Gasteiger partial charge in [0.25, 0.3) is 0 Å². The second kappa shape index (κ2) is 6.96. The second-order valence-electron chi connectivity index (χ2n) is 4.26. The summed E-state index contributed by atoms with van der Waals surface area (Å²) in [7, 11) is 1.69. The molecule has 0 fully saturated rings. The molecule has 3 N–H and O–H groups in total. The SMILES string of the molecule is CCC(C)N(CCOC)c1cc(C(=N)N)ccn1. The molecule has 5 heteroatoms. The Balaban J connectivity index is 2.96. The van der Waals surface area contributed by atoms with Gasteiger partial charge < -0.3 is 15.4 Å². The van der Waals surface area contributed by atoms with E-state index in [0.29, 0.717) is 18.2 Å². The largest absolute Gasteiger partial charge is 0.384 e. The maximum atomic E-state index is 7.47. The average Bonchev–Trinajstić information content (AvgIpc) is 2.39. The van der Waals surface area contributed by atoms with E-state index in [2.05, 4.69) is 23.7 Å². The first-order valence-corrected chi connectivity index (χ1v) is 6.16. The lowest BCUT2D eigenvalue weighted by Gasteiger charge is -2.29. The van der Waals surface area contributed by atoms with E-state index in [-0.39, 0.29) is 5.84 Å². The van der Waals surface area contributed by atoms with Crippen LogP contribution < -0.4 is 10.6 Å². The molecular formula is C13H22N4O. The van der Waals surface area contributed by atoms with Crippen molar-refractivity contribution in [3.63, 3.8) is 0 Å². The summed E-state index contributed by atoms with van der Waals surface area (Å²) in [6, 6.07) is 3.97. The zero-order valence-electron chi connectivity index (χ0n) is 11.3. The molecule has 0 spiro atoms. The summed E-state index contributed by atoms with van der Waals surface area (Å²) < 4.78 is 5.13.